The van der Waals surface area contributed by atoms with Crippen LogP contribution in [-0.4, -0.2) is 39.2 Å². The van der Waals surface area contributed by atoms with Gasteiger partial charge in [0.15, 0.2) is 0 Å². The summed E-state index contributed by atoms with van der Waals surface area (Å²) in [5.41, 5.74) is 4.96. The monoisotopic (exact) mass is 536 g/mol. The summed E-state index contributed by atoms with van der Waals surface area (Å²) in [6.07, 6.45) is 2.17. The number of carbonyl (C=O) groups excluding carboxylic acids is 1. The van der Waals surface area contributed by atoms with Gasteiger partial charge in [-0.2, -0.15) is 5.10 Å². The second kappa shape index (κ2) is 11.4. The van der Waals surface area contributed by atoms with E-state index in [1.54, 1.807) is 55.6 Å². The van der Waals surface area contributed by atoms with Gasteiger partial charge in [0, 0.05) is 17.0 Å². The summed E-state index contributed by atoms with van der Waals surface area (Å²) >= 11 is 6.29. The van der Waals surface area contributed by atoms with Crippen molar-refractivity contribution in [2.75, 3.05) is 18.0 Å². The first kappa shape index (κ1) is 26.1. The minimum absolute atomic E-state index is 0.0801. The topological polar surface area (TPSA) is 101 Å². The van der Waals surface area contributed by atoms with Crippen LogP contribution in [0.5, 0.6) is 5.75 Å². The third kappa shape index (κ3) is 6.07. The van der Waals surface area contributed by atoms with Gasteiger partial charge < -0.3 is 4.74 Å². The standard InChI is InChI=1S/C27H25ClN4O4S/c1-3-19-9-12-22(13-10-19)32(37(34,35)24-7-5-4-6-8-24)18-26(33)31-29-17-21-15-20-11-14-23(36-2)16-25(20)30-27(21)28/h4-17H,3,18H2,1-2H3,(H,31,33)/b29-17-. The smallest absolute Gasteiger partial charge is 0.264 e. The number of aromatic nitrogens is 1. The number of aryl methyl sites for hydroxylation is 1. The van der Waals surface area contributed by atoms with Gasteiger partial charge in [-0.3, -0.25) is 9.10 Å². The van der Waals surface area contributed by atoms with Crippen LogP contribution in [0.25, 0.3) is 10.9 Å². The highest BCUT2D eigenvalue weighted by Crippen LogP contribution is 2.25. The predicted molar refractivity (Wildman–Crippen MR) is 146 cm³/mol. The van der Waals surface area contributed by atoms with Crippen LogP contribution in [0.3, 0.4) is 0 Å². The lowest BCUT2D eigenvalue weighted by Crippen LogP contribution is -2.39. The summed E-state index contributed by atoms with van der Waals surface area (Å²) < 4.78 is 33.1. The number of amides is 1. The Hall–Kier alpha value is -3.95. The van der Waals surface area contributed by atoms with Crippen LogP contribution in [0.1, 0.15) is 18.1 Å². The Bertz CT molecular complexity index is 1540. The molecule has 4 rings (SSSR count). The van der Waals surface area contributed by atoms with Crippen molar-refractivity contribution in [2.24, 2.45) is 5.10 Å². The number of carbonyl (C=O) groups is 1. The first-order chi connectivity index (χ1) is 17.8. The van der Waals surface area contributed by atoms with Crippen molar-refractivity contribution in [3.63, 3.8) is 0 Å². The fourth-order valence-electron chi connectivity index (χ4n) is 3.63. The minimum atomic E-state index is -4.00. The van der Waals surface area contributed by atoms with E-state index in [0.29, 0.717) is 22.5 Å². The Kier molecular flexibility index (Phi) is 8.05. The summed E-state index contributed by atoms with van der Waals surface area (Å²) in [5, 5.41) is 4.99. The number of nitrogens with one attached hydrogen (secondary N) is 1. The van der Waals surface area contributed by atoms with Crippen LogP contribution in [0.2, 0.25) is 5.15 Å². The van der Waals surface area contributed by atoms with Crippen molar-refractivity contribution in [1.82, 2.24) is 10.4 Å². The molecule has 0 unspecified atom stereocenters. The van der Waals surface area contributed by atoms with Crippen molar-refractivity contribution in [3.05, 3.63) is 95.1 Å². The molecule has 1 amide bonds. The summed E-state index contributed by atoms with van der Waals surface area (Å²) in [4.78, 5) is 17.2. The van der Waals surface area contributed by atoms with Crippen molar-refractivity contribution in [2.45, 2.75) is 18.2 Å². The average molecular weight is 537 g/mol. The van der Waals surface area contributed by atoms with Crippen LogP contribution in [0.4, 0.5) is 5.69 Å². The highest BCUT2D eigenvalue weighted by atomic mass is 35.5. The first-order valence-corrected chi connectivity index (χ1v) is 13.3. The van der Waals surface area contributed by atoms with Crippen molar-refractivity contribution >= 4 is 50.3 Å². The largest absolute Gasteiger partial charge is 0.497 e. The van der Waals surface area contributed by atoms with E-state index >= 15 is 0 Å². The minimum Gasteiger partial charge on any atom is -0.497 e. The number of pyridine rings is 1. The van der Waals surface area contributed by atoms with E-state index in [9.17, 15) is 13.2 Å². The molecule has 0 saturated heterocycles. The number of sulfonamides is 1. The third-order valence-electron chi connectivity index (χ3n) is 5.65. The maximum Gasteiger partial charge on any atom is 0.264 e. The van der Waals surface area contributed by atoms with Gasteiger partial charge in [0.2, 0.25) is 0 Å². The maximum absolute atomic E-state index is 13.4. The number of benzene rings is 3. The lowest BCUT2D eigenvalue weighted by atomic mass is 10.1. The highest BCUT2D eigenvalue weighted by molar-refractivity contribution is 7.92. The normalized spacial score (nSPS) is 11.5. The molecule has 0 fully saturated rings. The highest BCUT2D eigenvalue weighted by Gasteiger charge is 2.27. The van der Waals surface area contributed by atoms with E-state index in [0.717, 1.165) is 21.7 Å². The summed E-state index contributed by atoms with van der Waals surface area (Å²) in [6.45, 7) is 1.54. The molecule has 8 nitrogen and oxygen atoms in total. The molecule has 3 aromatic carbocycles. The van der Waals surface area contributed by atoms with E-state index in [-0.39, 0.29) is 10.0 Å². The fraction of sp³-hybridized carbons (Fsp3) is 0.148. The van der Waals surface area contributed by atoms with E-state index in [2.05, 4.69) is 15.5 Å². The molecule has 0 atom stereocenters. The van der Waals surface area contributed by atoms with Crippen molar-refractivity contribution in [3.8, 4) is 5.75 Å². The molecular weight excluding hydrogens is 512 g/mol. The van der Waals surface area contributed by atoms with Crippen LogP contribution in [-0.2, 0) is 21.2 Å². The van der Waals surface area contributed by atoms with E-state index in [1.807, 2.05) is 25.1 Å². The molecule has 1 heterocycles. The van der Waals surface area contributed by atoms with Crippen molar-refractivity contribution < 1.29 is 17.9 Å². The number of hydrogen-bond acceptors (Lipinski definition) is 6. The van der Waals surface area contributed by atoms with E-state index in [4.69, 9.17) is 16.3 Å². The lowest BCUT2D eigenvalue weighted by Gasteiger charge is -2.24. The Morgan fingerprint density at radius 2 is 1.81 bits per heavy atom. The molecule has 4 aromatic rings. The molecule has 0 aliphatic carbocycles. The summed E-state index contributed by atoms with van der Waals surface area (Å²) in [5.74, 6) is 0.0361. The number of rotatable bonds is 9. The predicted octanol–water partition coefficient (Wildman–Crippen LogP) is 4.80. The number of anilines is 1. The summed E-state index contributed by atoms with van der Waals surface area (Å²) in [7, 11) is -2.44. The number of hydrogen-bond donors (Lipinski definition) is 1. The Morgan fingerprint density at radius 1 is 1.08 bits per heavy atom. The number of nitrogens with zero attached hydrogens (tertiary/aromatic N) is 3. The van der Waals surface area contributed by atoms with Crippen LogP contribution < -0.4 is 14.5 Å². The Balaban J connectivity index is 1.55. The van der Waals surface area contributed by atoms with Crippen LogP contribution in [0, 0.1) is 0 Å². The van der Waals surface area contributed by atoms with Gasteiger partial charge in [-0.15, -0.1) is 0 Å². The molecule has 1 N–H and O–H groups in total. The lowest BCUT2D eigenvalue weighted by molar-refractivity contribution is -0.119. The molecule has 37 heavy (non-hydrogen) atoms. The van der Waals surface area contributed by atoms with Gasteiger partial charge >= 0.3 is 0 Å². The molecule has 0 radical (unpaired) electrons. The number of halogens is 1. The SMILES string of the molecule is CCc1ccc(N(CC(=O)N/N=C\c2cc3ccc(OC)cc3nc2Cl)S(=O)(=O)c2ccccc2)cc1. The van der Waals surface area contributed by atoms with Gasteiger partial charge in [0.1, 0.15) is 17.4 Å². The van der Waals surface area contributed by atoms with Gasteiger partial charge in [0.05, 0.1) is 29.4 Å². The molecule has 1 aromatic heterocycles. The summed E-state index contributed by atoms with van der Waals surface area (Å²) in [6, 6.07) is 22.2. The fourth-order valence-corrected chi connectivity index (χ4v) is 5.27. The molecule has 0 aliphatic rings. The molecule has 10 heteroatoms. The quantitative estimate of drug-likeness (QED) is 0.188. The number of methoxy groups -OCH3 is 1. The Labute approximate surface area is 220 Å². The molecule has 0 saturated carbocycles. The number of ether oxygens (including phenoxy) is 1. The van der Waals surface area contributed by atoms with Crippen LogP contribution >= 0.6 is 11.6 Å². The Morgan fingerprint density at radius 3 is 2.49 bits per heavy atom. The van der Waals surface area contributed by atoms with Crippen molar-refractivity contribution in [1.29, 1.82) is 0 Å². The molecule has 0 spiro atoms. The van der Waals surface area contributed by atoms with Crippen LogP contribution in [0.15, 0.2) is 88.9 Å². The molecular formula is C27H25ClN4O4S. The zero-order valence-corrected chi connectivity index (χ0v) is 21.8. The molecule has 0 aliphatic heterocycles. The average Bonchev–Trinajstić information content (AvgIpc) is 2.92. The third-order valence-corrected chi connectivity index (χ3v) is 7.74. The zero-order chi connectivity index (χ0) is 26.4. The molecule has 190 valence electrons. The van der Waals surface area contributed by atoms with Gasteiger partial charge in [-0.25, -0.2) is 18.8 Å². The maximum atomic E-state index is 13.4. The second-order valence-corrected chi connectivity index (χ2v) is 10.3. The molecule has 0 bridgehead atoms. The van der Waals surface area contributed by atoms with E-state index < -0.39 is 22.5 Å². The first-order valence-electron chi connectivity index (χ1n) is 11.4. The number of fused-ring (bicyclic) bond motifs is 1. The van der Waals surface area contributed by atoms with Gasteiger partial charge in [-0.1, -0.05) is 48.9 Å². The van der Waals surface area contributed by atoms with E-state index in [1.165, 1.54) is 18.3 Å². The van der Waals surface area contributed by atoms with Gasteiger partial charge in [0.25, 0.3) is 15.9 Å². The number of hydrazone groups is 1. The van der Waals surface area contributed by atoms with Gasteiger partial charge in [-0.05, 0) is 54.4 Å². The zero-order valence-electron chi connectivity index (χ0n) is 20.3. The second-order valence-electron chi connectivity index (χ2n) is 8.06.